The zero-order chi connectivity index (χ0) is 21.3. The summed E-state index contributed by atoms with van der Waals surface area (Å²) in [6.45, 7) is 3.00. The molecule has 0 radical (unpaired) electrons. The van der Waals surface area contributed by atoms with Crippen molar-refractivity contribution < 1.29 is 19.1 Å². The smallest absolute Gasteiger partial charge is 0.286 e. The van der Waals surface area contributed by atoms with Crippen LogP contribution in [-0.2, 0) is 11.3 Å². The van der Waals surface area contributed by atoms with Crippen LogP contribution in [0.3, 0.4) is 0 Å². The van der Waals surface area contributed by atoms with Gasteiger partial charge in [0, 0.05) is 24.9 Å². The summed E-state index contributed by atoms with van der Waals surface area (Å²) in [5.74, 6) is 0.105. The zero-order valence-electron chi connectivity index (χ0n) is 16.7. The van der Waals surface area contributed by atoms with Gasteiger partial charge in [-0.25, -0.2) is 0 Å². The minimum absolute atomic E-state index is 0.174. The fourth-order valence-electron chi connectivity index (χ4n) is 2.51. The largest absolute Gasteiger partial charge is 0.486 e. The summed E-state index contributed by atoms with van der Waals surface area (Å²) in [4.78, 5) is 24.3. The molecule has 8 nitrogen and oxygen atoms in total. The normalized spacial score (nSPS) is 10.5. The van der Waals surface area contributed by atoms with E-state index in [-0.39, 0.29) is 23.4 Å². The standard InChI is InChI=1S/C21H22N4O4S/c1-14-5-3-4-6-17(14)23-20(27)21-25-24-18(30-21)13-29-16-9-7-15(8-10-16)19(26)22-11-12-28-2/h3-10H,11-13H2,1-2H3,(H,22,26)(H,23,27). The summed E-state index contributed by atoms with van der Waals surface area (Å²) in [5, 5.41) is 14.4. The summed E-state index contributed by atoms with van der Waals surface area (Å²) in [5.41, 5.74) is 2.24. The molecule has 0 atom stereocenters. The molecule has 156 valence electrons. The molecule has 0 aliphatic heterocycles. The first-order valence-electron chi connectivity index (χ1n) is 9.26. The van der Waals surface area contributed by atoms with Crippen molar-refractivity contribution in [1.82, 2.24) is 15.5 Å². The first-order chi connectivity index (χ1) is 14.6. The number of aromatic nitrogens is 2. The number of benzene rings is 2. The third kappa shape index (κ3) is 5.85. The van der Waals surface area contributed by atoms with Crippen LogP contribution in [0.25, 0.3) is 0 Å². The van der Waals surface area contributed by atoms with Crippen molar-refractivity contribution in [1.29, 1.82) is 0 Å². The predicted octanol–water partition coefficient (Wildman–Crippen LogP) is 3.05. The van der Waals surface area contributed by atoms with Crippen molar-refractivity contribution in [2.75, 3.05) is 25.6 Å². The van der Waals surface area contributed by atoms with Crippen LogP contribution >= 0.6 is 11.3 Å². The van der Waals surface area contributed by atoms with Gasteiger partial charge >= 0.3 is 0 Å². The number of carbonyl (C=O) groups is 2. The molecule has 0 aliphatic rings. The molecular weight excluding hydrogens is 404 g/mol. The van der Waals surface area contributed by atoms with Crippen molar-refractivity contribution in [2.24, 2.45) is 0 Å². The maximum atomic E-state index is 12.4. The number of aryl methyl sites for hydroxylation is 1. The van der Waals surface area contributed by atoms with Gasteiger partial charge in [-0.05, 0) is 42.8 Å². The third-order valence-corrected chi connectivity index (χ3v) is 5.02. The molecule has 30 heavy (non-hydrogen) atoms. The Hall–Kier alpha value is -3.30. The van der Waals surface area contributed by atoms with Gasteiger partial charge in [-0.2, -0.15) is 0 Å². The number of ether oxygens (including phenoxy) is 2. The molecule has 3 aromatic rings. The lowest BCUT2D eigenvalue weighted by atomic mass is 10.2. The molecule has 1 aromatic heterocycles. The topological polar surface area (TPSA) is 102 Å². The average Bonchev–Trinajstić information content (AvgIpc) is 3.24. The van der Waals surface area contributed by atoms with Crippen LogP contribution in [0.2, 0.25) is 0 Å². The van der Waals surface area contributed by atoms with Crippen LogP contribution in [0.5, 0.6) is 5.75 Å². The van der Waals surface area contributed by atoms with Crippen LogP contribution in [0, 0.1) is 6.92 Å². The second kappa shape index (κ2) is 10.5. The van der Waals surface area contributed by atoms with Gasteiger partial charge in [0.05, 0.1) is 6.61 Å². The number of methoxy groups -OCH3 is 1. The minimum atomic E-state index is -0.308. The van der Waals surface area contributed by atoms with Gasteiger partial charge in [0.25, 0.3) is 11.8 Å². The summed E-state index contributed by atoms with van der Waals surface area (Å²) < 4.78 is 10.6. The number of hydrogen-bond donors (Lipinski definition) is 2. The highest BCUT2D eigenvalue weighted by atomic mass is 32.1. The fourth-order valence-corrected chi connectivity index (χ4v) is 3.16. The van der Waals surface area contributed by atoms with Crippen LogP contribution < -0.4 is 15.4 Å². The van der Waals surface area contributed by atoms with Gasteiger partial charge in [-0.15, -0.1) is 10.2 Å². The molecule has 0 unspecified atom stereocenters. The molecule has 3 rings (SSSR count). The van der Waals surface area contributed by atoms with Crippen LogP contribution in [0.4, 0.5) is 5.69 Å². The summed E-state index contributed by atoms with van der Waals surface area (Å²) >= 11 is 1.17. The van der Waals surface area contributed by atoms with Crippen molar-refractivity contribution in [3.05, 3.63) is 69.7 Å². The SMILES string of the molecule is COCCNC(=O)c1ccc(OCc2nnc(C(=O)Nc3ccccc3C)s2)cc1. The number of nitrogens with zero attached hydrogens (tertiary/aromatic N) is 2. The third-order valence-electron chi connectivity index (χ3n) is 4.12. The predicted molar refractivity (Wildman–Crippen MR) is 114 cm³/mol. The molecule has 0 bridgehead atoms. The average molecular weight is 426 g/mol. The van der Waals surface area contributed by atoms with Gasteiger partial charge < -0.3 is 20.1 Å². The highest BCUT2D eigenvalue weighted by molar-refractivity contribution is 7.13. The number of amides is 2. The van der Waals surface area contributed by atoms with Gasteiger partial charge in [0.2, 0.25) is 5.01 Å². The van der Waals surface area contributed by atoms with E-state index in [1.54, 1.807) is 31.4 Å². The minimum Gasteiger partial charge on any atom is -0.486 e. The van der Waals surface area contributed by atoms with Gasteiger partial charge in [0.15, 0.2) is 5.01 Å². The number of para-hydroxylation sites is 1. The van der Waals surface area contributed by atoms with E-state index in [0.29, 0.717) is 29.5 Å². The Bertz CT molecular complexity index is 1000. The molecule has 0 aliphatic carbocycles. The lowest BCUT2D eigenvalue weighted by Gasteiger charge is -2.06. The Kier molecular flexibility index (Phi) is 7.47. The monoisotopic (exact) mass is 426 g/mol. The first-order valence-corrected chi connectivity index (χ1v) is 10.1. The van der Waals surface area contributed by atoms with E-state index < -0.39 is 0 Å². The fraction of sp³-hybridized carbons (Fsp3) is 0.238. The van der Waals surface area contributed by atoms with Crippen molar-refractivity contribution in [2.45, 2.75) is 13.5 Å². The molecule has 1 heterocycles. The highest BCUT2D eigenvalue weighted by Gasteiger charge is 2.14. The molecule has 2 N–H and O–H groups in total. The second-order valence-electron chi connectivity index (χ2n) is 6.33. The summed E-state index contributed by atoms with van der Waals surface area (Å²) in [6.07, 6.45) is 0. The molecule has 9 heteroatoms. The quantitative estimate of drug-likeness (QED) is 0.510. The van der Waals surface area contributed by atoms with Gasteiger partial charge in [-0.3, -0.25) is 9.59 Å². The maximum Gasteiger partial charge on any atom is 0.286 e. The number of carbonyl (C=O) groups excluding carboxylic acids is 2. The highest BCUT2D eigenvalue weighted by Crippen LogP contribution is 2.19. The van der Waals surface area contributed by atoms with Crippen LogP contribution in [0.1, 0.15) is 30.7 Å². The van der Waals surface area contributed by atoms with Gasteiger partial charge in [0.1, 0.15) is 12.4 Å². The van der Waals surface area contributed by atoms with E-state index in [2.05, 4.69) is 20.8 Å². The Morgan fingerprint density at radius 2 is 1.80 bits per heavy atom. The van der Waals surface area contributed by atoms with Crippen LogP contribution in [-0.4, -0.2) is 42.3 Å². The lowest BCUT2D eigenvalue weighted by molar-refractivity contribution is 0.0936. The van der Waals surface area contributed by atoms with Crippen molar-refractivity contribution >= 4 is 28.8 Å². The molecule has 0 saturated carbocycles. The molecule has 0 saturated heterocycles. The van der Waals surface area contributed by atoms with E-state index in [0.717, 1.165) is 11.3 Å². The Balaban J connectivity index is 1.52. The van der Waals surface area contributed by atoms with E-state index >= 15 is 0 Å². The number of rotatable bonds is 9. The summed E-state index contributed by atoms with van der Waals surface area (Å²) in [6, 6.07) is 14.3. The van der Waals surface area contributed by atoms with Crippen molar-refractivity contribution in [3.63, 3.8) is 0 Å². The van der Waals surface area contributed by atoms with E-state index in [1.165, 1.54) is 11.3 Å². The number of hydrogen-bond acceptors (Lipinski definition) is 7. The van der Waals surface area contributed by atoms with E-state index in [4.69, 9.17) is 9.47 Å². The first kappa shape index (κ1) is 21.4. The Morgan fingerprint density at radius 1 is 1.03 bits per heavy atom. The second-order valence-corrected chi connectivity index (χ2v) is 7.39. The molecule has 2 amide bonds. The molecule has 2 aromatic carbocycles. The number of nitrogens with one attached hydrogen (secondary N) is 2. The Labute approximate surface area is 178 Å². The van der Waals surface area contributed by atoms with E-state index in [9.17, 15) is 9.59 Å². The molecule has 0 spiro atoms. The maximum absolute atomic E-state index is 12.4. The zero-order valence-corrected chi connectivity index (χ0v) is 17.5. The van der Waals surface area contributed by atoms with Crippen LogP contribution in [0.15, 0.2) is 48.5 Å². The van der Waals surface area contributed by atoms with Gasteiger partial charge in [-0.1, -0.05) is 29.5 Å². The lowest BCUT2D eigenvalue weighted by Crippen LogP contribution is -2.26. The van der Waals surface area contributed by atoms with E-state index in [1.807, 2.05) is 31.2 Å². The molecular formula is C21H22N4O4S. The Morgan fingerprint density at radius 3 is 2.53 bits per heavy atom. The summed E-state index contributed by atoms with van der Waals surface area (Å²) in [7, 11) is 1.58. The molecule has 0 fully saturated rings. The van der Waals surface area contributed by atoms with Crippen molar-refractivity contribution in [3.8, 4) is 5.75 Å². The number of anilines is 1.